The van der Waals surface area contributed by atoms with Gasteiger partial charge >= 0.3 is 0 Å². The number of fused-ring (bicyclic) bond motifs is 1. The molecule has 4 rings (SSSR count). The maximum atomic E-state index is 12.7. The summed E-state index contributed by atoms with van der Waals surface area (Å²) in [6.45, 7) is 5.54. The lowest BCUT2D eigenvalue weighted by molar-refractivity contribution is -0.120. The zero-order valence-electron chi connectivity index (χ0n) is 14.9. The maximum Gasteiger partial charge on any atom is 0.231 e. The average Bonchev–Trinajstić information content (AvgIpc) is 3.03. The number of anilines is 2. The Morgan fingerprint density at radius 2 is 2.12 bits per heavy atom. The Morgan fingerprint density at radius 1 is 1.23 bits per heavy atom. The Bertz CT molecular complexity index is 937. The number of aromatic nitrogens is 3. The first-order valence-electron chi connectivity index (χ1n) is 8.82. The number of benzene rings is 1. The van der Waals surface area contributed by atoms with Gasteiger partial charge in [-0.3, -0.25) is 4.79 Å². The van der Waals surface area contributed by atoms with Crippen LogP contribution in [0.5, 0.6) is 0 Å². The predicted molar refractivity (Wildman–Crippen MR) is 105 cm³/mol. The summed E-state index contributed by atoms with van der Waals surface area (Å²) in [7, 11) is 0. The van der Waals surface area contributed by atoms with E-state index in [9.17, 15) is 4.79 Å². The van der Waals surface area contributed by atoms with Crippen LogP contribution in [0, 0.1) is 19.8 Å². The number of nitrogens with one attached hydrogen (secondary N) is 1. The van der Waals surface area contributed by atoms with Crippen LogP contribution in [0.3, 0.4) is 0 Å². The van der Waals surface area contributed by atoms with Crippen LogP contribution in [0.2, 0.25) is 0 Å². The van der Waals surface area contributed by atoms with Crippen LogP contribution in [-0.4, -0.2) is 34.2 Å². The summed E-state index contributed by atoms with van der Waals surface area (Å²) in [4.78, 5) is 19.4. The van der Waals surface area contributed by atoms with Gasteiger partial charge in [0, 0.05) is 13.1 Å². The van der Waals surface area contributed by atoms with E-state index in [-0.39, 0.29) is 11.8 Å². The van der Waals surface area contributed by atoms with Gasteiger partial charge in [-0.25, -0.2) is 4.98 Å². The van der Waals surface area contributed by atoms with Gasteiger partial charge in [-0.2, -0.15) is 5.10 Å². The van der Waals surface area contributed by atoms with Crippen LogP contribution in [0.1, 0.15) is 24.1 Å². The van der Waals surface area contributed by atoms with Crippen molar-refractivity contribution in [2.75, 3.05) is 23.3 Å². The molecule has 7 heteroatoms. The third kappa shape index (κ3) is 3.53. The number of rotatable bonds is 3. The molecule has 1 saturated heterocycles. The second-order valence-corrected chi connectivity index (χ2v) is 7.83. The molecule has 1 N–H and O–H groups in total. The summed E-state index contributed by atoms with van der Waals surface area (Å²) in [6, 6.07) is 10.1. The number of hydrogen-bond donors (Lipinski definition) is 1. The van der Waals surface area contributed by atoms with E-state index >= 15 is 0 Å². The molecule has 2 aromatic heterocycles. The van der Waals surface area contributed by atoms with Gasteiger partial charge < -0.3 is 10.2 Å². The van der Waals surface area contributed by atoms with E-state index in [2.05, 4.69) is 38.4 Å². The first kappa shape index (κ1) is 16.9. The predicted octanol–water partition coefficient (Wildman–Crippen LogP) is 3.56. The van der Waals surface area contributed by atoms with Crippen LogP contribution >= 0.6 is 11.3 Å². The van der Waals surface area contributed by atoms with Crippen molar-refractivity contribution in [3.8, 4) is 0 Å². The van der Waals surface area contributed by atoms with Crippen LogP contribution in [0.4, 0.5) is 10.9 Å². The fourth-order valence-electron chi connectivity index (χ4n) is 3.25. The van der Waals surface area contributed by atoms with Gasteiger partial charge in [-0.1, -0.05) is 17.4 Å². The fraction of sp³-hybridized carbons (Fsp3) is 0.368. The summed E-state index contributed by atoms with van der Waals surface area (Å²) in [5.74, 6) is 0.801. The van der Waals surface area contributed by atoms with Gasteiger partial charge in [-0.15, -0.1) is 5.10 Å². The quantitative estimate of drug-likeness (QED) is 0.766. The molecule has 0 aliphatic carbocycles. The molecule has 1 aliphatic rings. The first-order valence-corrected chi connectivity index (χ1v) is 9.63. The minimum absolute atomic E-state index is 0.0329. The monoisotopic (exact) mass is 367 g/mol. The number of hydrogen-bond acceptors (Lipinski definition) is 6. The highest BCUT2D eigenvalue weighted by Gasteiger charge is 2.27. The lowest BCUT2D eigenvalue weighted by atomic mass is 9.97. The lowest BCUT2D eigenvalue weighted by Gasteiger charge is -2.32. The molecule has 1 aromatic carbocycles. The Balaban J connectivity index is 1.45. The third-order valence-electron chi connectivity index (χ3n) is 4.67. The van der Waals surface area contributed by atoms with Crippen LogP contribution < -0.4 is 10.2 Å². The molecule has 1 aliphatic heterocycles. The van der Waals surface area contributed by atoms with Crippen LogP contribution in [-0.2, 0) is 4.79 Å². The minimum atomic E-state index is -0.0689. The minimum Gasteiger partial charge on any atom is -0.354 e. The SMILES string of the molecule is Cc1ccc2nc(NC(=O)C3CCCN(c4ccc(C)nn4)C3)sc2c1. The highest BCUT2D eigenvalue weighted by Crippen LogP contribution is 2.28. The summed E-state index contributed by atoms with van der Waals surface area (Å²) < 4.78 is 1.10. The van der Waals surface area contributed by atoms with Gasteiger partial charge in [0.15, 0.2) is 10.9 Å². The summed E-state index contributed by atoms with van der Waals surface area (Å²) in [5.41, 5.74) is 3.02. The number of carbonyl (C=O) groups is 1. The summed E-state index contributed by atoms with van der Waals surface area (Å²) in [6.07, 6.45) is 1.85. The van der Waals surface area contributed by atoms with Crippen molar-refractivity contribution in [3.05, 3.63) is 41.6 Å². The third-order valence-corrected chi connectivity index (χ3v) is 5.61. The highest BCUT2D eigenvalue weighted by atomic mass is 32.1. The van der Waals surface area contributed by atoms with Crippen molar-refractivity contribution in [1.82, 2.24) is 15.2 Å². The standard InChI is InChI=1S/C19H21N5OS/c1-12-5-7-15-16(10-12)26-19(20-15)21-18(25)14-4-3-9-24(11-14)17-8-6-13(2)22-23-17/h5-8,10,14H,3-4,9,11H2,1-2H3,(H,20,21,25). The smallest absolute Gasteiger partial charge is 0.231 e. The van der Waals surface area contributed by atoms with Crippen LogP contribution in [0.25, 0.3) is 10.2 Å². The average molecular weight is 367 g/mol. The van der Waals surface area contributed by atoms with Crippen molar-refractivity contribution in [1.29, 1.82) is 0 Å². The molecule has 0 bridgehead atoms. The Labute approximate surface area is 156 Å². The number of thiazole rings is 1. The van der Waals surface area contributed by atoms with E-state index in [4.69, 9.17) is 0 Å². The Morgan fingerprint density at radius 3 is 2.92 bits per heavy atom. The molecule has 1 amide bonds. The molecule has 1 unspecified atom stereocenters. The van der Waals surface area contributed by atoms with Gasteiger partial charge in [0.1, 0.15) is 0 Å². The largest absolute Gasteiger partial charge is 0.354 e. The molecule has 3 aromatic rings. The molecule has 1 atom stereocenters. The van der Waals surface area contributed by atoms with Crippen molar-refractivity contribution in [2.24, 2.45) is 5.92 Å². The van der Waals surface area contributed by atoms with E-state index in [0.717, 1.165) is 41.1 Å². The number of aryl methyl sites for hydroxylation is 2. The van der Waals surface area contributed by atoms with Gasteiger partial charge in [0.25, 0.3) is 0 Å². The molecule has 6 nitrogen and oxygen atoms in total. The molecule has 26 heavy (non-hydrogen) atoms. The first-order chi connectivity index (χ1) is 12.6. The lowest BCUT2D eigenvalue weighted by Crippen LogP contribution is -2.41. The molecule has 0 spiro atoms. The van der Waals surface area contributed by atoms with Gasteiger partial charge in [0.05, 0.1) is 21.8 Å². The number of carbonyl (C=O) groups excluding carboxylic acids is 1. The molecule has 1 fully saturated rings. The number of nitrogens with zero attached hydrogens (tertiary/aromatic N) is 4. The van der Waals surface area contributed by atoms with E-state index in [1.165, 1.54) is 16.9 Å². The summed E-state index contributed by atoms with van der Waals surface area (Å²) in [5, 5.41) is 12.1. The number of amides is 1. The van der Waals surface area contributed by atoms with Crippen LogP contribution in [0.15, 0.2) is 30.3 Å². The zero-order chi connectivity index (χ0) is 18.1. The van der Waals surface area contributed by atoms with Crippen molar-refractivity contribution in [3.63, 3.8) is 0 Å². The molecule has 134 valence electrons. The van der Waals surface area contributed by atoms with E-state index in [1.54, 1.807) is 0 Å². The Hall–Kier alpha value is -2.54. The maximum absolute atomic E-state index is 12.7. The normalized spacial score (nSPS) is 17.5. The fourth-order valence-corrected chi connectivity index (χ4v) is 4.22. The van der Waals surface area contributed by atoms with E-state index in [0.29, 0.717) is 11.7 Å². The van der Waals surface area contributed by atoms with E-state index in [1.807, 2.05) is 31.2 Å². The molecular weight excluding hydrogens is 346 g/mol. The van der Waals surface area contributed by atoms with Crippen molar-refractivity contribution >= 4 is 38.4 Å². The van der Waals surface area contributed by atoms with Gasteiger partial charge in [-0.05, 0) is 56.5 Å². The topological polar surface area (TPSA) is 71.0 Å². The second-order valence-electron chi connectivity index (χ2n) is 6.80. The van der Waals surface area contributed by atoms with E-state index < -0.39 is 0 Å². The molecular formula is C19H21N5OS. The van der Waals surface area contributed by atoms with Crippen molar-refractivity contribution in [2.45, 2.75) is 26.7 Å². The van der Waals surface area contributed by atoms with Crippen molar-refractivity contribution < 1.29 is 4.79 Å². The molecule has 0 radical (unpaired) electrons. The molecule has 0 saturated carbocycles. The molecule has 3 heterocycles. The summed E-state index contributed by atoms with van der Waals surface area (Å²) >= 11 is 1.52. The Kier molecular flexibility index (Phi) is 4.55. The highest BCUT2D eigenvalue weighted by molar-refractivity contribution is 7.22. The zero-order valence-corrected chi connectivity index (χ0v) is 15.7. The van der Waals surface area contributed by atoms with Gasteiger partial charge in [0.2, 0.25) is 5.91 Å². The second kappa shape index (κ2) is 6.99. The number of piperidine rings is 1.